The Morgan fingerprint density at radius 3 is 2.44 bits per heavy atom. The zero-order valence-corrected chi connectivity index (χ0v) is 16.3. The lowest BCUT2D eigenvalue weighted by molar-refractivity contribution is -0.914. The van der Waals surface area contributed by atoms with Gasteiger partial charge in [0.05, 0.1) is 32.2 Å². The summed E-state index contributed by atoms with van der Waals surface area (Å²) in [4.78, 5) is 25.1. The summed E-state index contributed by atoms with van der Waals surface area (Å²) in [5, 5.41) is 3.28. The Morgan fingerprint density at radius 1 is 1.15 bits per heavy atom. The Hall–Kier alpha value is -2.47. The molecule has 0 unspecified atom stereocenters. The van der Waals surface area contributed by atoms with Gasteiger partial charge in [-0.3, -0.25) is 4.79 Å². The minimum Gasteiger partial charge on any atom is -0.344 e. The van der Waals surface area contributed by atoms with Crippen molar-refractivity contribution in [2.24, 2.45) is 0 Å². The van der Waals surface area contributed by atoms with Crippen molar-refractivity contribution in [1.82, 2.24) is 15.3 Å². The number of aromatic nitrogens is 2. The number of quaternary nitrogens is 1. The molecule has 1 saturated heterocycles. The molecule has 2 N–H and O–H groups in total. The molecule has 27 heavy (non-hydrogen) atoms. The lowest BCUT2D eigenvalue weighted by Gasteiger charge is -2.35. The second-order valence-electron chi connectivity index (χ2n) is 7.18. The highest BCUT2D eigenvalue weighted by atomic mass is 16.2. The van der Waals surface area contributed by atoms with Gasteiger partial charge in [0.2, 0.25) is 5.95 Å². The number of nitrogens with zero attached hydrogens (tertiary/aromatic N) is 3. The monoisotopic (exact) mass is 368 g/mol. The van der Waals surface area contributed by atoms with Gasteiger partial charge in [0.25, 0.3) is 5.91 Å². The van der Waals surface area contributed by atoms with Crippen LogP contribution in [0.3, 0.4) is 0 Å². The molecule has 0 aliphatic carbocycles. The van der Waals surface area contributed by atoms with E-state index in [1.807, 2.05) is 31.2 Å². The van der Waals surface area contributed by atoms with Crippen molar-refractivity contribution in [3.63, 3.8) is 0 Å². The second kappa shape index (κ2) is 9.46. The lowest BCUT2D eigenvalue weighted by atomic mass is 10.0. The Bertz CT molecular complexity index is 701. The van der Waals surface area contributed by atoms with Crippen LogP contribution in [0.1, 0.15) is 38.3 Å². The van der Waals surface area contributed by atoms with Crippen LogP contribution in [-0.2, 0) is 4.79 Å². The Balaban J connectivity index is 1.55. The minimum atomic E-state index is -0.0630. The summed E-state index contributed by atoms with van der Waals surface area (Å²) in [6, 6.07) is 12.1. The fourth-order valence-corrected chi connectivity index (χ4v) is 3.66. The van der Waals surface area contributed by atoms with Crippen LogP contribution in [0.2, 0.25) is 0 Å². The summed E-state index contributed by atoms with van der Waals surface area (Å²) >= 11 is 0. The summed E-state index contributed by atoms with van der Waals surface area (Å²) < 4.78 is 0. The Morgan fingerprint density at radius 2 is 1.81 bits per heavy atom. The van der Waals surface area contributed by atoms with E-state index in [2.05, 4.69) is 39.2 Å². The first-order valence-electron chi connectivity index (χ1n) is 9.91. The first kappa shape index (κ1) is 19.3. The number of hydrogen-bond donors (Lipinski definition) is 2. The molecule has 0 radical (unpaired) electrons. The molecule has 1 aliphatic rings. The van der Waals surface area contributed by atoms with E-state index in [1.54, 1.807) is 12.4 Å². The fraction of sp³-hybridized carbons (Fsp3) is 0.476. The van der Waals surface area contributed by atoms with Crippen LogP contribution >= 0.6 is 0 Å². The maximum Gasteiger partial charge on any atom is 0.278 e. The number of nitrogens with one attached hydrogen (secondary N) is 2. The molecule has 1 aromatic heterocycles. The standard InChI is InChI=1S/C21H29N5O/c1-3-8-19(18-9-5-4-6-10-18)24-20(27)17(2)25-13-15-26(16-14-25)21-22-11-7-12-23-21/h4-7,9-12,17,19H,3,8,13-16H2,1-2H3,(H,24,27)/p+1/t17-,19-/m0/s1. The van der Waals surface area contributed by atoms with Gasteiger partial charge in [0.1, 0.15) is 0 Å². The Kier molecular flexibility index (Phi) is 6.76. The average Bonchev–Trinajstić information content (AvgIpc) is 2.74. The normalized spacial score (nSPS) is 17.3. The van der Waals surface area contributed by atoms with Gasteiger partial charge < -0.3 is 15.1 Å². The van der Waals surface area contributed by atoms with Crippen molar-refractivity contribution in [2.75, 3.05) is 31.1 Å². The third kappa shape index (κ3) is 5.04. The molecule has 2 heterocycles. The van der Waals surface area contributed by atoms with Crippen LogP contribution in [0.4, 0.5) is 5.95 Å². The molecule has 0 spiro atoms. The quantitative estimate of drug-likeness (QED) is 0.772. The smallest absolute Gasteiger partial charge is 0.278 e. The number of hydrogen-bond acceptors (Lipinski definition) is 4. The molecule has 1 fully saturated rings. The van der Waals surface area contributed by atoms with E-state index >= 15 is 0 Å². The second-order valence-corrected chi connectivity index (χ2v) is 7.18. The lowest BCUT2D eigenvalue weighted by Crippen LogP contribution is -3.19. The largest absolute Gasteiger partial charge is 0.344 e. The predicted molar refractivity (Wildman–Crippen MR) is 107 cm³/mol. The number of carbonyl (C=O) groups excluding carboxylic acids is 1. The summed E-state index contributed by atoms with van der Waals surface area (Å²) in [6.45, 7) is 7.75. The summed E-state index contributed by atoms with van der Waals surface area (Å²) in [6.07, 6.45) is 5.54. The predicted octanol–water partition coefficient (Wildman–Crippen LogP) is 1.23. The van der Waals surface area contributed by atoms with Crippen molar-refractivity contribution in [2.45, 2.75) is 38.8 Å². The van der Waals surface area contributed by atoms with E-state index in [0.717, 1.165) is 45.0 Å². The number of benzene rings is 1. The SMILES string of the molecule is CCC[C@H](NC(=O)[C@H](C)[NH+]1CCN(c2ncccn2)CC1)c1ccccc1. The van der Waals surface area contributed by atoms with Gasteiger partial charge in [-0.15, -0.1) is 0 Å². The number of piperazine rings is 1. The molecular formula is C21H30N5O+. The van der Waals surface area contributed by atoms with E-state index < -0.39 is 0 Å². The van der Waals surface area contributed by atoms with Gasteiger partial charge in [-0.25, -0.2) is 9.97 Å². The summed E-state index contributed by atoms with van der Waals surface area (Å²) in [5.74, 6) is 0.914. The van der Waals surface area contributed by atoms with Crippen LogP contribution in [0, 0.1) is 0 Å². The van der Waals surface area contributed by atoms with E-state index in [1.165, 1.54) is 10.5 Å². The zero-order chi connectivity index (χ0) is 19.1. The fourth-order valence-electron chi connectivity index (χ4n) is 3.66. The van der Waals surface area contributed by atoms with E-state index in [-0.39, 0.29) is 18.0 Å². The first-order chi connectivity index (χ1) is 13.2. The van der Waals surface area contributed by atoms with Gasteiger partial charge in [-0.2, -0.15) is 0 Å². The molecule has 1 amide bonds. The highest BCUT2D eigenvalue weighted by Crippen LogP contribution is 2.18. The Labute approximate surface area is 161 Å². The number of amides is 1. The number of anilines is 1. The maximum absolute atomic E-state index is 12.9. The van der Waals surface area contributed by atoms with E-state index in [4.69, 9.17) is 0 Å². The van der Waals surface area contributed by atoms with Crippen molar-refractivity contribution in [3.8, 4) is 0 Å². The zero-order valence-electron chi connectivity index (χ0n) is 16.3. The molecular weight excluding hydrogens is 338 g/mol. The minimum absolute atomic E-state index is 0.0630. The van der Waals surface area contributed by atoms with Crippen LogP contribution in [0.15, 0.2) is 48.8 Å². The topological polar surface area (TPSA) is 62.6 Å². The average molecular weight is 369 g/mol. The molecule has 6 nitrogen and oxygen atoms in total. The van der Waals surface area contributed by atoms with E-state index in [9.17, 15) is 4.79 Å². The maximum atomic E-state index is 12.9. The third-order valence-corrected chi connectivity index (χ3v) is 5.34. The van der Waals surface area contributed by atoms with Crippen LogP contribution in [0.5, 0.6) is 0 Å². The third-order valence-electron chi connectivity index (χ3n) is 5.34. The highest BCUT2D eigenvalue weighted by Gasteiger charge is 2.31. The van der Waals surface area contributed by atoms with Crippen LogP contribution in [0.25, 0.3) is 0 Å². The molecule has 1 aromatic carbocycles. The van der Waals surface area contributed by atoms with Crippen molar-refractivity contribution < 1.29 is 9.69 Å². The molecule has 2 atom stereocenters. The van der Waals surface area contributed by atoms with Crippen molar-refractivity contribution >= 4 is 11.9 Å². The molecule has 1 aliphatic heterocycles. The van der Waals surface area contributed by atoms with Gasteiger partial charge >= 0.3 is 0 Å². The molecule has 144 valence electrons. The first-order valence-corrected chi connectivity index (χ1v) is 9.91. The van der Waals surface area contributed by atoms with Crippen LogP contribution in [-0.4, -0.2) is 48.1 Å². The van der Waals surface area contributed by atoms with Crippen molar-refractivity contribution in [3.05, 3.63) is 54.4 Å². The van der Waals surface area contributed by atoms with Crippen LogP contribution < -0.4 is 15.1 Å². The van der Waals surface area contributed by atoms with Gasteiger partial charge in [0, 0.05) is 12.4 Å². The number of rotatable bonds is 7. The molecule has 0 saturated carbocycles. The molecule has 3 rings (SSSR count). The van der Waals surface area contributed by atoms with Gasteiger partial charge in [0.15, 0.2) is 6.04 Å². The van der Waals surface area contributed by atoms with Gasteiger partial charge in [-0.1, -0.05) is 43.7 Å². The molecule has 0 bridgehead atoms. The van der Waals surface area contributed by atoms with Crippen molar-refractivity contribution in [1.29, 1.82) is 0 Å². The summed E-state index contributed by atoms with van der Waals surface area (Å²) in [5.41, 5.74) is 1.18. The molecule has 6 heteroatoms. The number of carbonyl (C=O) groups is 1. The highest BCUT2D eigenvalue weighted by molar-refractivity contribution is 5.80. The molecule has 2 aromatic rings. The van der Waals surface area contributed by atoms with Gasteiger partial charge in [-0.05, 0) is 25.0 Å². The summed E-state index contributed by atoms with van der Waals surface area (Å²) in [7, 11) is 0. The van der Waals surface area contributed by atoms with E-state index in [0.29, 0.717) is 0 Å².